The van der Waals surface area contributed by atoms with Crippen molar-refractivity contribution >= 4 is 10.0 Å². The van der Waals surface area contributed by atoms with Crippen molar-refractivity contribution in [1.29, 1.82) is 0 Å². The Bertz CT molecular complexity index is 1370. The van der Waals surface area contributed by atoms with Crippen LogP contribution in [-0.4, -0.2) is 39.8 Å². The number of para-hydroxylation sites is 1. The molecule has 0 saturated heterocycles. The van der Waals surface area contributed by atoms with E-state index >= 15 is 0 Å². The highest BCUT2D eigenvalue weighted by molar-refractivity contribution is 7.89. The number of phenolic OH excluding ortho intramolecular Hbond substituents is 2. The van der Waals surface area contributed by atoms with Crippen LogP contribution in [0, 0.1) is 5.82 Å². The lowest BCUT2D eigenvalue weighted by Crippen LogP contribution is -2.26. The van der Waals surface area contributed by atoms with Crippen molar-refractivity contribution < 1.29 is 23.0 Å². The maximum atomic E-state index is 14.3. The van der Waals surface area contributed by atoms with Gasteiger partial charge in [-0.2, -0.15) is 9.40 Å². The van der Waals surface area contributed by atoms with Crippen molar-refractivity contribution in [3.63, 3.8) is 0 Å². The molecule has 0 unspecified atom stereocenters. The molecule has 0 amide bonds. The summed E-state index contributed by atoms with van der Waals surface area (Å²) in [5.74, 6) is -1.50. The molecule has 0 atom stereocenters. The second kappa shape index (κ2) is 8.45. The van der Waals surface area contributed by atoms with E-state index in [4.69, 9.17) is 0 Å². The molecule has 1 heterocycles. The van der Waals surface area contributed by atoms with E-state index < -0.39 is 21.6 Å². The third-order valence-corrected chi connectivity index (χ3v) is 6.85. The first-order chi connectivity index (χ1) is 15.3. The molecule has 0 fully saturated rings. The molecular formula is C23H20FN3O4S. The Kier molecular flexibility index (Phi) is 5.68. The number of hydrogen-bond acceptors (Lipinski definition) is 5. The maximum Gasteiger partial charge on any atom is 0.246 e. The molecule has 7 nitrogen and oxygen atoms in total. The summed E-state index contributed by atoms with van der Waals surface area (Å²) in [6.45, 7) is 0.0893. The number of aromatic hydroxyl groups is 2. The largest absolute Gasteiger partial charge is 0.507 e. The molecule has 0 radical (unpaired) electrons. The van der Waals surface area contributed by atoms with Crippen molar-refractivity contribution in [3.8, 4) is 28.4 Å². The number of rotatable bonds is 6. The van der Waals surface area contributed by atoms with Gasteiger partial charge in [-0.25, -0.2) is 17.5 Å². The highest BCUT2D eigenvalue weighted by atomic mass is 32.2. The summed E-state index contributed by atoms with van der Waals surface area (Å²) in [7, 11) is -2.71. The Morgan fingerprint density at radius 3 is 2.38 bits per heavy atom. The first kappa shape index (κ1) is 21.5. The Labute approximate surface area is 184 Å². The van der Waals surface area contributed by atoms with Crippen LogP contribution in [0.2, 0.25) is 0 Å². The van der Waals surface area contributed by atoms with Gasteiger partial charge in [-0.15, -0.1) is 0 Å². The summed E-state index contributed by atoms with van der Waals surface area (Å²) in [6.07, 6.45) is 1.41. The van der Waals surface area contributed by atoms with Gasteiger partial charge in [0.15, 0.2) is 0 Å². The number of hydrogen-bond donors (Lipinski definition) is 2. The minimum Gasteiger partial charge on any atom is -0.507 e. The van der Waals surface area contributed by atoms with E-state index in [1.54, 1.807) is 30.3 Å². The lowest BCUT2D eigenvalue weighted by atomic mass is 10.1. The molecule has 32 heavy (non-hydrogen) atoms. The standard InChI is InChI=1S/C23H20FN3O4S/c1-26(15-16-7-3-2-4-8-16)32(30,31)23-13-17(21(28)14-22(23)29)19-11-12-25-27(19)20-10-6-5-9-18(20)24/h2-14,28-29H,15H2,1H3. The molecule has 4 rings (SSSR count). The van der Waals surface area contributed by atoms with Gasteiger partial charge in [0.1, 0.15) is 27.9 Å². The van der Waals surface area contributed by atoms with Crippen molar-refractivity contribution in [1.82, 2.24) is 14.1 Å². The summed E-state index contributed by atoms with van der Waals surface area (Å²) in [4.78, 5) is -0.384. The molecule has 0 aliphatic rings. The van der Waals surface area contributed by atoms with Crippen LogP contribution in [0.3, 0.4) is 0 Å². The lowest BCUT2D eigenvalue weighted by Gasteiger charge is -2.19. The van der Waals surface area contributed by atoms with Gasteiger partial charge in [0.25, 0.3) is 0 Å². The second-order valence-corrected chi connectivity index (χ2v) is 9.18. The maximum absolute atomic E-state index is 14.3. The Balaban J connectivity index is 1.79. The first-order valence-electron chi connectivity index (χ1n) is 9.64. The summed E-state index contributed by atoms with van der Waals surface area (Å²) in [6, 6.07) is 18.6. The van der Waals surface area contributed by atoms with E-state index in [1.807, 2.05) is 6.07 Å². The smallest absolute Gasteiger partial charge is 0.246 e. The van der Waals surface area contributed by atoms with E-state index in [9.17, 15) is 23.0 Å². The van der Waals surface area contributed by atoms with Gasteiger partial charge in [0, 0.05) is 25.2 Å². The monoisotopic (exact) mass is 453 g/mol. The normalized spacial score (nSPS) is 11.7. The minimum absolute atomic E-state index is 0.0789. The molecule has 4 aromatic rings. The Morgan fingerprint density at radius 2 is 1.66 bits per heavy atom. The number of benzene rings is 3. The molecule has 0 aliphatic heterocycles. The van der Waals surface area contributed by atoms with Crippen LogP contribution in [0.15, 0.2) is 83.9 Å². The zero-order chi connectivity index (χ0) is 22.9. The predicted molar refractivity (Wildman–Crippen MR) is 117 cm³/mol. The Hall–Kier alpha value is -3.69. The SMILES string of the molecule is CN(Cc1ccccc1)S(=O)(=O)c1cc(-c2ccnn2-c2ccccc2F)c(O)cc1O. The molecule has 0 spiro atoms. The zero-order valence-electron chi connectivity index (χ0n) is 17.1. The number of nitrogens with zero attached hydrogens (tertiary/aromatic N) is 3. The van der Waals surface area contributed by atoms with E-state index in [0.717, 1.165) is 22.0 Å². The van der Waals surface area contributed by atoms with E-state index in [1.165, 1.54) is 42.2 Å². The van der Waals surface area contributed by atoms with Gasteiger partial charge in [0.05, 0.1) is 11.9 Å². The molecule has 3 aromatic carbocycles. The average Bonchev–Trinajstić information content (AvgIpc) is 3.24. The van der Waals surface area contributed by atoms with Gasteiger partial charge >= 0.3 is 0 Å². The van der Waals surface area contributed by atoms with Gasteiger partial charge < -0.3 is 10.2 Å². The average molecular weight is 453 g/mol. The molecule has 0 bridgehead atoms. The number of phenols is 2. The molecular weight excluding hydrogens is 433 g/mol. The zero-order valence-corrected chi connectivity index (χ0v) is 17.9. The number of sulfonamides is 1. The summed E-state index contributed by atoms with van der Waals surface area (Å²) in [5, 5.41) is 24.9. The molecule has 0 aliphatic carbocycles. The summed E-state index contributed by atoms with van der Waals surface area (Å²) >= 11 is 0. The predicted octanol–water partition coefficient (Wildman–Crippen LogP) is 3.91. The topological polar surface area (TPSA) is 95.7 Å². The third kappa shape index (κ3) is 3.95. The van der Waals surface area contributed by atoms with E-state index in [0.29, 0.717) is 0 Å². The third-order valence-electron chi connectivity index (χ3n) is 5.01. The van der Waals surface area contributed by atoms with Gasteiger partial charge in [-0.3, -0.25) is 0 Å². The fraction of sp³-hybridized carbons (Fsp3) is 0.0870. The summed E-state index contributed by atoms with van der Waals surface area (Å²) < 4.78 is 43.1. The van der Waals surface area contributed by atoms with Gasteiger partial charge in [-0.1, -0.05) is 42.5 Å². The fourth-order valence-corrected chi connectivity index (χ4v) is 4.63. The molecule has 1 aromatic heterocycles. The lowest BCUT2D eigenvalue weighted by molar-refractivity contribution is 0.430. The number of aromatic nitrogens is 2. The van der Waals surface area contributed by atoms with Crippen molar-refractivity contribution in [2.24, 2.45) is 0 Å². The van der Waals surface area contributed by atoms with Crippen molar-refractivity contribution in [2.75, 3.05) is 7.05 Å². The van der Waals surface area contributed by atoms with Crippen LogP contribution < -0.4 is 0 Å². The van der Waals surface area contributed by atoms with Crippen LogP contribution >= 0.6 is 0 Å². The highest BCUT2D eigenvalue weighted by Gasteiger charge is 2.27. The quantitative estimate of drug-likeness (QED) is 0.462. The van der Waals surface area contributed by atoms with E-state index in [-0.39, 0.29) is 34.1 Å². The number of halogens is 1. The molecule has 2 N–H and O–H groups in total. The van der Waals surface area contributed by atoms with Crippen LogP contribution in [0.25, 0.3) is 16.9 Å². The van der Waals surface area contributed by atoms with Gasteiger partial charge in [0.2, 0.25) is 10.0 Å². The van der Waals surface area contributed by atoms with Crippen LogP contribution in [0.4, 0.5) is 4.39 Å². The fourth-order valence-electron chi connectivity index (χ4n) is 3.39. The van der Waals surface area contributed by atoms with E-state index in [2.05, 4.69) is 5.10 Å². The minimum atomic E-state index is -4.12. The van der Waals surface area contributed by atoms with Gasteiger partial charge in [-0.05, 0) is 29.8 Å². The van der Waals surface area contributed by atoms with Crippen molar-refractivity contribution in [3.05, 3.63) is 90.4 Å². The highest BCUT2D eigenvalue weighted by Crippen LogP contribution is 2.38. The van der Waals surface area contributed by atoms with Crippen LogP contribution in [0.5, 0.6) is 11.5 Å². The van der Waals surface area contributed by atoms with Crippen LogP contribution in [-0.2, 0) is 16.6 Å². The summed E-state index contributed by atoms with van der Waals surface area (Å²) in [5.41, 5.74) is 1.24. The molecule has 164 valence electrons. The van der Waals surface area contributed by atoms with Crippen molar-refractivity contribution in [2.45, 2.75) is 11.4 Å². The molecule has 0 saturated carbocycles. The Morgan fingerprint density at radius 1 is 0.969 bits per heavy atom. The first-order valence-corrected chi connectivity index (χ1v) is 11.1. The molecule has 9 heteroatoms. The second-order valence-electron chi connectivity index (χ2n) is 7.16. The van der Waals surface area contributed by atoms with Crippen LogP contribution in [0.1, 0.15) is 5.56 Å².